The summed E-state index contributed by atoms with van der Waals surface area (Å²) >= 11 is 0. The molecule has 0 saturated carbocycles. The van der Waals surface area contributed by atoms with Gasteiger partial charge >= 0.3 is 0 Å². The van der Waals surface area contributed by atoms with Gasteiger partial charge in [0.2, 0.25) is 0 Å². The molecule has 3 nitrogen and oxygen atoms in total. The zero-order chi connectivity index (χ0) is 19.3. The number of rotatable bonds is 0. The normalized spacial score (nSPS) is 19.4. The number of aryl methyl sites for hydroxylation is 2. The van der Waals surface area contributed by atoms with Crippen molar-refractivity contribution in [1.82, 2.24) is 14.6 Å². The Kier molecular flexibility index (Phi) is 6.04. The molecule has 0 spiro atoms. The van der Waals surface area contributed by atoms with Gasteiger partial charge in [-0.25, -0.2) is 13.9 Å². The highest BCUT2D eigenvalue weighted by atomic mass is 19.1. The van der Waals surface area contributed by atoms with Gasteiger partial charge in [-0.15, -0.1) is 0 Å². The van der Waals surface area contributed by atoms with Gasteiger partial charge in [0, 0.05) is 23.0 Å². The molecule has 1 unspecified atom stereocenters. The maximum absolute atomic E-state index is 14.7. The van der Waals surface area contributed by atoms with Crippen molar-refractivity contribution in [1.29, 1.82) is 0 Å². The fourth-order valence-corrected chi connectivity index (χ4v) is 4.23. The van der Waals surface area contributed by atoms with Crippen LogP contribution in [0, 0.1) is 11.7 Å². The summed E-state index contributed by atoms with van der Waals surface area (Å²) < 4.78 is 16.4. The van der Waals surface area contributed by atoms with E-state index in [2.05, 4.69) is 12.0 Å². The second-order valence-electron chi connectivity index (χ2n) is 8.36. The van der Waals surface area contributed by atoms with E-state index in [4.69, 9.17) is 4.98 Å². The molecule has 0 radical (unpaired) electrons. The van der Waals surface area contributed by atoms with Gasteiger partial charge in [0.15, 0.2) is 5.65 Å². The molecule has 1 aromatic carbocycles. The molecule has 148 valence electrons. The topological polar surface area (TPSA) is 30.2 Å². The van der Waals surface area contributed by atoms with Crippen LogP contribution in [0.3, 0.4) is 0 Å². The van der Waals surface area contributed by atoms with Gasteiger partial charge in [0.05, 0.1) is 6.20 Å². The summed E-state index contributed by atoms with van der Waals surface area (Å²) in [7, 11) is 0. The molecule has 0 N–H and O–H groups in total. The third kappa shape index (κ3) is 4.43. The smallest absolute Gasteiger partial charge is 0.163 e. The Bertz CT molecular complexity index is 931. The van der Waals surface area contributed by atoms with Crippen LogP contribution in [0.15, 0.2) is 36.7 Å². The molecule has 3 aromatic rings. The molecule has 1 aliphatic rings. The first-order valence-corrected chi connectivity index (χ1v) is 10.8. The van der Waals surface area contributed by atoms with Crippen LogP contribution >= 0.6 is 0 Å². The summed E-state index contributed by atoms with van der Waals surface area (Å²) in [4.78, 5) is 4.82. The molecule has 4 bridgehead atoms. The highest BCUT2D eigenvalue weighted by molar-refractivity contribution is 5.77. The van der Waals surface area contributed by atoms with E-state index in [0.717, 1.165) is 42.6 Å². The Morgan fingerprint density at radius 1 is 0.929 bits per heavy atom. The van der Waals surface area contributed by atoms with E-state index in [1.807, 2.05) is 24.4 Å². The lowest BCUT2D eigenvalue weighted by Crippen LogP contribution is -2.00. The lowest BCUT2D eigenvalue weighted by Gasteiger charge is -2.12. The summed E-state index contributed by atoms with van der Waals surface area (Å²) in [5.74, 6) is 0.516. The van der Waals surface area contributed by atoms with Crippen LogP contribution in [0.25, 0.3) is 16.8 Å². The van der Waals surface area contributed by atoms with Gasteiger partial charge in [0.1, 0.15) is 5.82 Å². The van der Waals surface area contributed by atoms with Crippen LogP contribution in [0.4, 0.5) is 4.39 Å². The Morgan fingerprint density at radius 3 is 2.64 bits per heavy atom. The van der Waals surface area contributed by atoms with Crippen LogP contribution in [0.1, 0.15) is 69.5 Å². The predicted octanol–water partition coefficient (Wildman–Crippen LogP) is 6.39. The summed E-state index contributed by atoms with van der Waals surface area (Å²) in [5, 5.41) is 4.40. The largest absolute Gasteiger partial charge is 0.233 e. The average Bonchev–Trinajstić information content (AvgIpc) is 3.12. The number of hydrogen-bond donors (Lipinski definition) is 0. The van der Waals surface area contributed by atoms with Gasteiger partial charge < -0.3 is 0 Å². The standard InChI is InChI=1S/C24H30FN3/c1-18-8-6-4-2-3-5-7-9-20-14-15-28-24(27-20)22(17-26-28)21-16-19(11-10-18)12-13-23(21)25/h12-18H,2-11H2,1H3. The van der Waals surface area contributed by atoms with E-state index < -0.39 is 0 Å². The van der Waals surface area contributed by atoms with Crippen LogP contribution in [0.5, 0.6) is 0 Å². The number of hydrogen-bond acceptors (Lipinski definition) is 2. The van der Waals surface area contributed by atoms with Crippen molar-refractivity contribution in [3.05, 3.63) is 53.7 Å². The first kappa shape index (κ1) is 19.1. The minimum Gasteiger partial charge on any atom is -0.233 e. The lowest BCUT2D eigenvalue weighted by molar-refractivity contribution is 0.455. The highest BCUT2D eigenvalue weighted by Gasteiger charge is 2.14. The van der Waals surface area contributed by atoms with Crippen molar-refractivity contribution >= 4 is 5.65 Å². The maximum Gasteiger partial charge on any atom is 0.163 e. The lowest BCUT2D eigenvalue weighted by atomic mass is 9.94. The fourth-order valence-electron chi connectivity index (χ4n) is 4.23. The Balaban J connectivity index is 1.69. The van der Waals surface area contributed by atoms with Crippen LogP contribution in [0.2, 0.25) is 0 Å². The summed E-state index contributed by atoms with van der Waals surface area (Å²) in [6.07, 6.45) is 15.8. The van der Waals surface area contributed by atoms with Crippen molar-refractivity contribution in [3.63, 3.8) is 0 Å². The van der Waals surface area contributed by atoms with E-state index in [9.17, 15) is 4.39 Å². The van der Waals surface area contributed by atoms with Gasteiger partial charge in [0.25, 0.3) is 0 Å². The minimum atomic E-state index is -0.201. The number of aromatic nitrogens is 3. The van der Waals surface area contributed by atoms with Crippen molar-refractivity contribution in [2.75, 3.05) is 0 Å². The second kappa shape index (κ2) is 8.85. The maximum atomic E-state index is 14.7. The molecule has 0 aliphatic carbocycles. The predicted molar refractivity (Wildman–Crippen MR) is 112 cm³/mol. The van der Waals surface area contributed by atoms with Gasteiger partial charge in [-0.3, -0.25) is 0 Å². The second-order valence-corrected chi connectivity index (χ2v) is 8.36. The summed E-state index contributed by atoms with van der Waals surface area (Å²) in [5.41, 5.74) is 4.42. The van der Waals surface area contributed by atoms with Crippen LogP contribution in [-0.2, 0) is 12.8 Å². The Hall–Kier alpha value is -2.23. The van der Waals surface area contributed by atoms with Gasteiger partial charge in [-0.1, -0.05) is 51.5 Å². The van der Waals surface area contributed by atoms with E-state index in [1.54, 1.807) is 16.8 Å². The van der Waals surface area contributed by atoms with E-state index >= 15 is 0 Å². The molecule has 0 amide bonds. The monoisotopic (exact) mass is 379 g/mol. The summed E-state index contributed by atoms with van der Waals surface area (Å²) in [6, 6.07) is 7.56. The van der Waals surface area contributed by atoms with Crippen molar-refractivity contribution in [2.24, 2.45) is 5.92 Å². The molecular formula is C24H30FN3. The zero-order valence-electron chi connectivity index (χ0n) is 16.8. The third-order valence-electron chi connectivity index (χ3n) is 6.05. The molecule has 2 aromatic heterocycles. The van der Waals surface area contributed by atoms with Gasteiger partial charge in [-0.05, 0) is 55.4 Å². The zero-order valence-corrected chi connectivity index (χ0v) is 16.8. The van der Waals surface area contributed by atoms with Crippen molar-refractivity contribution in [2.45, 2.75) is 71.1 Å². The molecule has 1 atom stereocenters. The number of nitrogens with zero attached hydrogens (tertiary/aromatic N) is 3. The van der Waals surface area contributed by atoms with E-state index in [0.29, 0.717) is 11.5 Å². The molecule has 0 saturated heterocycles. The van der Waals surface area contributed by atoms with Gasteiger partial charge in [-0.2, -0.15) is 5.10 Å². The molecule has 0 fully saturated rings. The highest BCUT2D eigenvalue weighted by Crippen LogP contribution is 2.28. The SMILES string of the molecule is CC1CCCCCCCCc2ccn3ncc(c3n2)-c2cc(ccc2F)CC1. The third-order valence-corrected chi connectivity index (χ3v) is 6.05. The Morgan fingerprint density at radius 2 is 1.75 bits per heavy atom. The molecular weight excluding hydrogens is 349 g/mol. The number of benzene rings is 1. The van der Waals surface area contributed by atoms with Crippen LogP contribution in [-0.4, -0.2) is 14.6 Å². The van der Waals surface area contributed by atoms with E-state index in [1.165, 1.54) is 44.1 Å². The van der Waals surface area contributed by atoms with E-state index in [-0.39, 0.29) is 5.82 Å². The minimum absolute atomic E-state index is 0.201. The molecule has 28 heavy (non-hydrogen) atoms. The number of halogens is 1. The molecule has 4 heteroatoms. The summed E-state index contributed by atoms with van der Waals surface area (Å²) in [6.45, 7) is 2.35. The molecule has 1 aliphatic heterocycles. The quantitative estimate of drug-likeness (QED) is 0.453. The number of fused-ring (bicyclic) bond motifs is 4. The Labute approximate surface area is 167 Å². The first-order valence-electron chi connectivity index (χ1n) is 10.8. The average molecular weight is 380 g/mol. The first-order chi connectivity index (χ1) is 13.7. The van der Waals surface area contributed by atoms with Crippen LogP contribution < -0.4 is 0 Å². The molecule has 3 heterocycles. The fraction of sp³-hybridized carbons (Fsp3) is 0.500. The van der Waals surface area contributed by atoms with Crippen molar-refractivity contribution < 1.29 is 4.39 Å². The van der Waals surface area contributed by atoms with Crippen molar-refractivity contribution in [3.8, 4) is 11.1 Å². The molecule has 4 rings (SSSR count).